The van der Waals surface area contributed by atoms with E-state index >= 15 is 0 Å². The highest BCUT2D eigenvalue weighted by atomic mass is 35.5. The predicted octanol–water partition coefficient (Wildman–Crippen LogP) is 2.55. The van der Waals surface area contributed by atoms with Gasteiger partial charge in [-0.2, -0.15) is 0 Å². The quantitative estimate of drug-likeness (QED) is 0.859. The summed E-state index contributed by atoms with van der Waals surface area (Å²) in [6.45, 7) is 5.16. The molecular weight excluding hydrogens is 222 g/mol. The summed E-state index contributed by atoms with van der Waals surface area (Å²) in [5.74, 6) is 1.43. The van der Waals surface area contributed by atoms with E-state index < -0.39 is 0 Å². The summed E-state index contributed by atoms with van der Waals surface area (Å²) in [5, 5.41) is 0.712. The van der Waals surface area contributed by atoms with E-state index in [-0.39, 0.29) is 0 Å². The van der Waals surface area contributed by atoms with Gasteiger partial charge in [0, 0.05) is 13.1 Å². The molecule has 1 aromatic rings. The van der Waals surface area contributed by atoms with Crippen LogP contribution in [0.1, 0.15) is 25.5 Å². The predicted molar refractivity (Wildman–Crippen MR) is 67.3 cm³/mol. The van der Waals surface area contributed by atoms with Crippen LogP contribution in [0.3, 0.4) is 0 Å². The van der Waals surface area contributed by atoms with Gasteiger partial charge in [-0.15, -0.1) is 0 Å². The van der Waals surface area contributed by atoms with Gasteiger partial charge in [-0.25, -0.2) is 4.98 Å². The summed E-state index contributed by atoms with van der Waals surface area (Å²) in [6, 6.07) is 3.56. The molecule has 0 atom stereocenters. The first kappa shape index (κ1) is 11.7. The van der Waals surface area contributed by atoms with Crippen LogP contribution in [0.5, 0.6) is 0 Å². The standard InChI is InChI=1S/C12H18ClN3/c1-2-16(7-9-3-4-9)8-11-10(13)5-6-12(14)15-11/h5-6,9H,2-4,7-8H2,1H3,(H2,14,15). The van der Waals surface area contributed by atoms with Crippen molar-refractivity contribution in [2.75, 3.05) is 18.8 Å². The first-order chi connectivity index (χ1) is 7.69. The van der Waals surface area contributed by atoms with Crippen LogP contribution in [0.15, 0.2) is 12.1 Å². The highest BCUT2D eigenvalue weighted by molar-refractivity contribution is 6.31. The van der Waals surface area contributed by atoms with Crippen LogP contribution in [0, 0.1) is 5.92 Å². The number of aromatic nitrogens is 1. The van der Waals surface area contributed by atoms with Crippen LogP contribution >= 0.6 is 11.6 Å². The number of hydrogen-bond donors (Lipinski definition) is 1. The number of rotatable bonds is 5. The molecule has 0 saturated heterocycles. The van der Waals surface area contributed by atoms with Crippen molar-refractivity contribution in [2.45, 2.75) is 26.3 Å². The molecular formula is C12H18ClN3. The minimum atomic E-state index is 0.543. The zero-order valence-corrected chi connectivity index (χ0v) is 10.4. The van der Waals surface area contributed by atoms with Gasteiger partial charge in [0.05, 0.1) is 10.7 Å². The number of pyridine rings is 1. The summed E-state index contributed by atoms with van der Waals surface area (Å²) >= 11 is 6.10. The summed E-state index contributed by atoms with van der Waals surface area (Å²) in [5.41, 5.74) is 6.56. The molecule has 0 bridgehead atoms. The normalized spacial score (nSPS) is 15.7. The van der Waals surface area contributed by atoms with E-state index in [1.165, 1.54) is 12.8 Å². The maximum atomic E-state index is 6.10. The molecule has 0 aromatic carbocycles. The van der Waals surface area contributed by atoms with Crippen LogP contribution in [-0.2, 0) is 6.54 Å². The van der Waals surface area contributed by atoms with Gasteiger partial charge in [0.25, 0.3) is 0 Å². The minimum absolute atomic E-state index is 0.543. The maximum absolute atomic E-state index is 6.10. The molecule has 1 saturated carbocycles. The number of nitrogens with two attached hydrogens (primary N) is 1. The van der Waals surface area contributed by atoms with Crippen LogP contribution in [0.4, 0.5) is 5.82 Å². The Morgan fingerprint density at radius 2 is 2.25 bits per heavy atom. The monoisotopic (exact) mass is 239 g/mol. The first-order valence-electron chi connectivity index (χ1n) is 5.82. The average molecular weight is 240 g/mol. The summed E-state index contributed by atoms with van der Waals surface area (Å²) in [7, 11) is 0. The van der Waals surface area contributed by atoms with Crippen molar-refractivity contribution >= 4 is 17.4 Å². The summed E-state index contributed by atoms with van der Waals surface area (Å²) in [6.07, 6.45) is 2.74. The second-order valence-corrected chi connectivity index (χ2v) is 4.84. The molecule has 3 nitrogen and oxygen atoms in total. The Balaban J connectivity index is 2.01. The number of halogens is 1. The molecule has 1 heterocycles. The zero-order valence-electron chi connectivity index (χ0n) is 9.62. The second-order valence-electron chi connectivity index (χ2n) is 4.44. The van der Waals surface area contributed by atoms with Gasteiger partial charge in [-0.3, -0.25) is 4.90 Å². The molecule has 0 aliphatic heterocycles. The lowest BCUT2D eigenvalue weighted by atomic mass is 10.3. The third-order valence-electron chi connectivity index (χ3n) is 2.97. The van der Waals surface area contributed by atoms with E-state index in [1.54, 1.807) is 6.07 Å². The van der Waals surface area contributed by atoms with E-state index in [1.807, 2.05) is 6.07 Å². The molecule has 16 heavy (non-hydrogen) atoms. The van der Waals surface area contributed by atoms with Gasteiger partial charge in [-0.05, 0) is 37.4 Å². The number of hydrogen-bond acceptors (Lipinski definition) is 3. The van der Waals surface area contributed by atoms with Gasteiger partial charge in [0.1, 0.15) is 5.82 Å². The fourth-order valence-corrected chi connectivity index (χ4v) is 1.96. The Morgan fingerprint density at radius 3 is 2.88 bits per heavy atom. The fourth-order valence-electron chi connectivity index (χ4n) is 1.79. The third-order valence-corrected chi connectivity index (χ3v) is 3.32. The van der Waals surface area contributed by atoms with E-state index in [0.29, 0.717) is 10.8 Å². The van der Waals surface area contributed by atoms with E-state index in [0.717, 1.165) is 31.2 Å². The summed E-state index contributed by atoms with van der Waals surface area (Å²) < 4.78 is 0. The van der Waals surface area contributed by atoms with Crippen LogP contribution < -0.4 is 5.73 Å². The Hall–Kier alpha value is -0.800. The number of anilines is 1. The van der Waals surface area contributed by atoms with Crippen LogP contribution in [0.2, 0.25) is 5.02 Å². The van der Waals surface area contributed by atoms with Crippen molar-refractivity contribution in [3.8, 4) is 0 Å². The molecule has 1 aromatic heterocycles. The lowest BCUT2D eigenvalue weighted by Gasteiger charge is -2.20. The average Bonchev–Trinajstić information content (AvgIpc) is 3.06. The van der Waals surface area contributed by atoms with Gasteiger partial charge in [0.2, 0.25) is 0 Å². The molecule has 2 N–H and O–H groups in total. The molecule has 2 rings (SSSR count). The summed E-state index contributed by atoms with van der Waals surface area (Å²) in [4.78, 5) is 6.67. The molecule has 4 heteroatoms. The van der Waals surface area contributed by atoms with Crippen molar-refractivity contribution in [1.82, 2.24) is 9.88 Å². The maximum Gasteiger partial charge on any atom is 0.123 e. The van der Waals surface area contributed by atoms with E-state index in [9.17, 15) is 0 Å². The van der Waals surface area contributed by atoms with Gasteiger partial charge in [-0.1, -0.05) is 18.5 Å². The van der Waals surface area contributed by atoms with Crippen molar-refractivity contribution in [3.05, 3.63) is 22.8 Å². The van der Waals surface area contributed by atoms with Gasteiger partial charge in [0.15, 0.2) is 0 Å². The zero-order chi connectivity index (χ0) is 11.5. The lowest BCUT2D eigenvalue weighted by molar-refractivity contribution is 0.265. The van der Waals surface area contributed by atoms with E-state index in [4.69, 9.17) is 17.3 Å². The van der Waals surface area contributed by atoms with Crippen molar-refractivity contribution < 1.29 is 0 Å². The van der Waals surface area contributed by atoms with Crippen molar-refractivity contribution in [3.63, 3.8) is 0 Å². The number of nitrogen functional groups attached to an aromatic ring is 1. The topological polar surface area (TPSA) is 42.2 Å². The second kappa shape index (κ2) is 5.02. The SMILES string of the molecule is CCN(Cc1nc(N)ccc1Cl)CC1CC1. The van der Waals surface area contributed by atoms with Crippen molar-refractivity contribution in [2.24, 2.45) is 5.92 Å². The Bertz CT molecular complexity index is 363. The molecule has 0 unspecified atom stereocenters. The minimum Gasteiger partial charge on any atom is -0.384 e. The van der Waals surface area contributed by atoms with Gasteiger partial charge >= 0.3 is 0 Å². The third kappa shape index (κ3) is 3.09. The molecule has 1 aliphatic rings. The number of nitrogens with zero attached hydrogens (tertiary/aromatic N) is 2. The first-order valence-corrected chi connectivity index (χ1v) is 6.20. The smallest absolute Gasteiger partial charge is 0.123 e. The Labute approximate surface area is 102 Å². The molecule has 88 valence electrons. The van der Waals surface area contributed by atoms with Gasteiger partial charge < -0.3 is 5.73 Å². The highest BCUT2D eigenvalue weighted by Crippen LogP contribution is 2.30. The van der Waals surface area contributed by atoms with Crippen LogP contribution in [-0.4, -0.2) is 23.0 Å². The van der Waals surface area contributed by atoms with Crippen LogP contribution in [0.25, 0.3) is 0 Å². The molecule has 0 spiro atoms. The molecule has 0 amide bonds. The van der Waals surface area contributed by atoms with Crippen molar-refractivity contribution in [1.29, 1.82) is 0 Å². The molecule has 0 radical (unpaired) electrons. The molecule has 1 fully saturated rings. The lowest BCUT2D eigenvalue weighted by Crippen LogP contribution is -2.26. The highest BCUT2D eigenvalue weighted by Gasteiger charge is 2.24. The Morgan fingerprint density at radius 1 is 1.50 bits per heavy atom. The largest absolute Gasteiger partial charge is 0.384 e. The fraction of sp³-hybridized carbons (Fsp3) is 0.583. The molecule has 1 aliphatic carbocycles. The van der Waals surface area contributed by atoms with E-state index in [2.05, 4.69) is 16.8 Å². The Kier molecular flexibility index (Phi) is 3.66.